The number of nitrogens with zero attached hydrogens (tertiary/aromatic N) is 2. The minimum atomic E-state index is -0.100. The zero-order chi connectivity index (χ0) is 9.54. The number of rotatable bonds is 1. The van der Waals surface area contributed by atoms with E-state index in [9.17, 15) is 4.79 Å². The lowest BCUT2D eigenvalue weighted by Crippen LogP contribution is -2.36. The molecule has 3 heterocycles. The third-order valence-corrected chi connectivity index (χ3v) is 3.68. The molecule has 3 saturated heterocycles. The number of carbonyl (C=O) groups is 1. The number of likely N-dealkylation sites (tertiary alicyclic amines) is 1. The van der Waals surface area contributed by atoms with Crippen molar-refractivity contribution < 1.29 is 9.53 Å². The first-order chi connectivity index (χ1) is 6.84. The molecule has 0 radical (unpaired) electrons. The zero-order valence-electron chi connectivity index (χ0n) is 8.32. The van der Waals surface area contributed by atoms with Crippen molar-refractivity contribution in [2.75, 3.05) is 26.2 Å². The van der Waals surface area contributed by atoms with E-state index in [0.29, 0.717) is 18.7 Å². The average Bonchev–Trinajstić information content (AvgIpc) is 2.83. The van der Waals surface area contributed by atoms with Crippen LogP contribution in [-0.4, -0.2) is 54.2 Å². The van der Waals surface area contributed by atoms with Gasteiger partial charge >= 0.3 is 6.09 Å². The van der Waals surface area contributed by atoms with E-state index in [1.165, 1.54) is 25.9 Å². The summed E-state index contributed by atoms with van der Waals surface area (Å²) in [5.74, 6) is 0. The minimum absolute atomic E-state index is 0.100. The van der Waals surface area contributed by atoms with Gasteiger partial charge in [0, 0.05) is 12.6 Å². The Kier molecular flexibility index (Phi) is 1.90. The third kappa shape index (κ3) is 1.21. The predicted octanol–water partition coefficient (Wildman–Crippen LogP) is 0.675. The van der Waals surface area contributed by atoms with E-state index < -0.39 is 0 Å². The van der Waals surface area contributed by atoms with Gasteiger partial charge in [0.2, 0.25) is 0 Å². The van der Waals surface area contributed by atoms with E-state index in [0.717, 1.165) is 13.0 Å². The molecule has 1 amide bonds. The highest BCUT2D eigenvalue weighted by molar-refractivity contribution is 5.70. The van der Waals surface area contributed by atoms with Gasteiger partial charge in [-0.25, -0.2) is 4.79 Å². The minimum Gasteiger partial charge on any atom is -0.447 e. The van der Waals surface area contributed by atoms with E-state index >= 15 is 0 Å². The van der Waals surface area contributed by atoms with Crippen LogP contribution in [0, 0.1) is 0 Å². The molecule has 0 aromatic rings. The number of cyclic esters (lactones) is 1. The van der Waals surface area contributed by atoms with Crippen molar-refractivity contribution >= 4 is 6.09 Å². The number of fused-ring (bicyclic) bond motifs is 1. The normalized spacial score (nSPS) is 37.7. The fourth-order valence-corrected chi connectivity index (χ4v) is 2.90. The summed E-state index contributed by atoms with van der Waals surface area (Å²) >= 11 is 0. The number of hydrogen-bond donors (Lipinski definition) is 0. The largest absolute Gasteiger partial charge is 0.447 e. The molecule has 1 unspecified atom stereocenters. The molecule has 0 bridgehead atoms. The summed E-state index contributed by atoms with van der Waals surface area (Å²) in [5, 5.41) is 0. The molecular weight excluding hydrogens is 180 g/mol. The van der Waals surface area contributed by atoms with Crippen LogP contribution in [0.5, 0.6) is 0 Å². The summed E-state index contributed by atoms with van der Waals surface area (Å²) in [6.45, 7) is 3.95. The molecule has 4 heteroatoms. The molecule has 0 N–H and O–H groups in total. The lowest BCUT2D eigenvalue weighted by molar-refractivity contribution is 0.150. The van der Waals surface area contributed by atoms with Crippen molar-refractivity contribution in [2.45, 2.75) is 31.3 Å². The monoisotopic (exact) mass is 196 g/mol. The van der Waals surface area contributed by atoms with Gasteiger partial charge in [-0.2, -0.15) is 0 Å². The topological polar surface area (TPSA) is 32.8 Å². The van der Waals surface area contributed by atoms with Crippen LogP contribution in [0.2, 0.25) is 0 Å². The number of ether oxygens (including phenoxy) is 1. The van der Waals surface area contributed by atoms with Gasteiger partial charge in [-0.3, -0.25) is 4.90 Å². The van der Waals surface area contributed by atoms with Gasteiger partial charge in [-0.05, 0) is 32.4 Å². The van der Waals surface area contributed by atoms with Crippen LogP contribution in [0.15, 0.2) is 0 Å². The summed E-state index contributed by atoms with van der Waals surface area (Å²) < 4.78 is 5.00. The van der Waals surface area contributed by atoms with E-state index in [1.807, 2.05) is 4.90 Å². The van der Waals surface area contributed by atoms with Crippen molar-refractivity contribution in [3.63, 3.8) is 0 Å². The van der Waals surface area contributed by atoms with Crippen LogP contribution in [0.25, 0.3) is 0 Å². The van der Waals surface area contributed by atoms with Crippen LogP contribution >= 0.6 is 0 Å². The standard InChI is InChI=1S/C10H16N2O2/c13-10-12-6-8(5-9(12)7-14-10)11-3-1-2-4-11/h8-9H,1-7H2/t8-,9?/m0/s1. The van der Waals surface area contributed by atoms with Crippen LogP contribution < -0.4 is 0 Å². The highest BCUT2D eigenvalue weighted by Gasteiger charge is 2.43. The van der Waals surface area contributed by atoms with Crippen LogP contribution in [-0.2, 0) is 4.74 Å². The first-order valence-electron chi connectivity index (χ1n) is 5.52. The van der Waals surface area contributed by atoms with Gasteiger partial charge in [0.25, 0.3) is 0 Å². The lowest BCUT2D eigenvalue weighted by atomic mass is 10.1. The summed E-state index contributed by atoms with van der Waals surface area (Å²) in [6.07, 6.45) is 3.67. The Balaban J connectivity index is 1.67. The second-order valence-electron chi connectivity index (χ2n) is 4.52. The molecule has 3 aliphatic rings. The Morgan fingerprint density at radius 1 is 1.21 bits per heavy atom. The Hall–Kier alpha value is -0.770. The maximum absolute atomic E-state index is 11.3. The second kappa shape index (κ2) is 3.12. The van der Waals surface area contributed by atoms with Crippen molar-refractivity contribution in [2.24, 2.45) is 0 Å². The summed E-state index contributed by atoms with van der Waals surface area (Å²) in [4.78, 5) is 15.7. The van der Waals surface area contributed by atoms with Crippen molar-refractivity contribution in [3.8, 4) is 0 Å². The van der Waals surface area contributed by atoms with Crippen molar-refractivity contribution in [3.05, 3.63) is 0 Å². The SMILES string of the molecule is O=C1OCC2C[C@H](N3CCCC3)CN12. The van der Waals surface area contributed by atoms with Gasteiger partial charge < -0.3 is 9.64 Å². The quantitative estimate of drug-likeness (QED) is 0.618. The lowest BCUT2D eigenvalue weighted by Gasteiger charge is -2.22. The summed E-state index contributed by atoms with van der Waals surface area (Å²) in [7, 11) is 0. The molecule has 0 aliphatic carbocycles. The number of amides is 1. The molecule has 0 aromatic heterocycles. The maximum atomic E-state index is 11.3. The predicted molar refractivity (Wildman–Crippen MR) is 51.1 cm³/mol. The highest BCUT2D eigenvalue weighted by Crippen LogP contribution is 2.29. The van der Waals surface area contributed by atoms with E-state index in [4.69, 9.17) is 4.74 Å². The van der Waals surface area contributed by atoms with Crippen LogP contribution in [0.1, 0.15) is 19.3 Å². The van der Waals surface area contributed by atoms with E-state index in [2.05, 4.69) is 4.90 Å². The molecule has 78 valence electrons. The summed E-state index contributed by atoms with van der Waals surface area (Å²) in [6, 6.07) is 0.975. The molecule has 14 heavy (non-hydrogen) atoms. The van der Waals surface area contributed by atoms with Gasteiger partial charge in [0.05, 0.1) is 6.04 Å². The Morgan fingerprint density at radius 2 is 2.00 bits per heavy atom. The summed E-state index contributed by atoms with van der Waals surface area (Å²) in [5.41, 5.74) is 0. The average molecular weight is 196 g/mol. The molecule has 3 rings (SSSR count). The van der Waals surface area contributed by atoms with Gasteiger partial charge in [0.15, 0.2) is 0 Å². The van der Waals surface area contributed by atoms with Crippen LogP contribution in [0.4, 0.5) is 4.79 Å². The fourth-order valence-electron chi connectivity index (χ4n) is 2.90. The molecule has 4 nitrogen and oxygen atoms in total. The second-order valence-corrected chi connectivity index (χ2v) is 4.52. The van der Waals surface area contributed by atoms with Gasteiger partial charge in [-0.1, -0.05) is 0 Å². The van der Waals surface area contributed by atoms with Gasteiger partial charge in [-0.15, -0.1) is 0 Å². The van der Waals surface area contributed by atoms with Crippen molar-refractivity contribution in [1.82, 2.24) is 9.80 Å². The molecule has 0 spiro atoms. The Labute approximate surface area is 83.8 Å². The maximum Gasteiger partial charge on any atom is 0.410 e. The smallest absolute Gasteiger partial charge is 0.410 e. The Morgan fingerprint density at radius 3 is 2.71 bits per heavy atom. The Bertz CT molecular complexity index is 251. The van der Waals surface area contributed by atoms with Crippen molar-refractivity contribution in [1.29, 1.82) is 0 Å². The zero-order valence-corrected chi connectivity index (χ0v) is 8.32. The highest BCUT2D eigenvalue weighted by atomic mass is 16.6. The molecule has 0 aromatic carbocycles. The molecule has 3 aliphatic heterocycles. The van der Waals surface area contributed by atoms with Crippen LogP contribution in [0.3, 0.4) is 0 Å². The molecular formula is C10H16N2O2. The van der Waals surface area contributed by atoms with Gasteiger partial charge in [0.1, 0.15) is 6.61 Å². The first-order valence-corrected chi connectivity index (χ1v) is 5.52. The third-order valence-electron chi connectivity index (χ3n) is 3.68. The van der Waals surface area contributed by atoms with E-state index in [-0.39, 0.29) is 6.09 Å². The first kappa shape index (κ1) is 8.53. The van der Waals surface area contributed by atoms with E-state index in [1.54, 1.807) is 0 Å². The number of carbonyl (C=O) groups excluding carboxylic acids is 1. The molecule has 2 atom stereocenters. The molecule has 3 fully saturated rings. The number of hydrogen-bond acceptors (Lipinski definition) is 3. The fraction of sp³-hybridized carbons (Fsp3) is 0.900. The molecule has 0 saturated carbocycles.